The van der Waals surface area contributed by atoms with Gasteiger partial charge < -0.3 is 10.2 Å². The molecule has 0 spiro atoms. The molecule has 2 aromatic carbocycles. The minimum absolute atomic E-state index is 0.0741. The molecule has 136 valence electrons. The van der Waals surface area contributed by atoms with Gasteiger partial charge >= 0.3 is 0 Å². The summed E-state index contributed by atoms with van der Waals surface area (Å²) in [4.78, 5) is 27.8. The summed E-state index contributed by atoms with van der Waals surface area (Å²) in [6.45, 7) is 3.22. The average molecular weight is 376 g/mol. The van der Waals surface area contributed by atoms with E-state index < -0.39 is 0 Å². The Bertz CT molecular complexity index is 995. The number of carbonyl (C=O) groups is 2. The monoisotopic (exact) mass is 376 g/mol. The third-order valence-electron chi connectivity index (χ3n) is 4.89. The third-order valence-corrected chi connectivity index (χ3v) is 5.74. The highest BCUT2D eigenvalue weighted by molar-refractivity contribution is 7.12. The number of fused-ring (bicyclic) bond motifs is 1. The highest BCUT2D eigenvalue weighted by Crippen LogP contribution is 2.25. The second-order valence-electron chi connectivity index (χ2n) is 6.71. The van der Waals surface area contributed by atoms with E-state index in [0.29, 0.717) is 12.1 Å². The number of nitrogens with one attached hydrogen (secondary N) is 1. The maximum Gasteiger partial charge on any atom is 0.264 e. The molecule has 2 amide bonds. The van der Waals surface area contributed by atoms with Gasteiger partial charge in [0, 0.05) is 24.3 Å². The smallest absolute Gasteiger partial charge is 0.264 e. The van der Waals surface area contributed by atoms with Gasteiger partial charge in [-0.15, -0.1) is 11.3 Å². The number of thiophene rings is 1. The number of aryl methyl sites for hydroxylation is 1. The Morgan fingerprint density at radius 2 is 1.89 bits per heavy atom. The molecule has 4 nitrogen and oxygen atoms in total. The first kappa shape index (κ1) is 17.5. The predicted molar refractivity (Wildman–Crippen MR) is 108 cm³/mol. The number of benzene rings is 2. The van der Waals surface area contributed by atoms with E-state index in [4.69, 9.17) is 0 Å². The van der Waals surface area contributed by atoms with Crippen LogP contribution in [0.1, 0.15) is 36.7 Å². The van der Waals surface area contributed by atoms with Gasteiger partial charge in [-0.1, -0.05) is 30.3 Å². The van der Waals surface area contributed by atoms with E-state index in [-0.39, 0.29) is 11.8 Å². The summed E-state index contributed by atoms with van der Waals surface area (Å²) in [6, 6.07) is 17.3. The van der Waals surface area contributed by atoms with E-state index in [9.17, 15) is 9.59 Å². The van der Waals surface area contributed by atoms with Gasteiger partial charge in [-0.3, -0.25) is 9.59 Å². The zero-order valence-corrected chi connectivity index (χ0v) is 15.9. The molecule has 3 aromatic rings. The van der Waals surface area contributed by atoms with Gasteiger partial charge in [0.05, 0.1) is 4.88 Å². The molecule has 1 N–H and O–H groups in total. The summed E-state index contributed by atoms with van der Waals surface area (Å²) in [6.07, 6.45) is 0.832. The molecule has 4 rings (SSSR count). The van der Waals surface area contributed by atoms with Crippen molar-refractivity contribution in [3.63, 3.8) is 0 Å². The van der Waals surface area contributed by atoms with Crippen molar-refractivity contribution in [2.75, 3.05) is 11.9 Å². The lowest BCUT2D eigenvalue weighted by atomic mass is 9.98. The lowest BCUT2D eigenvalue weighted by molar-refractivity contribution is 0.0739. The molecule has 0 aliphatic carbocycles. The summed E-state index contributed by atoms with van der Waals surface area (Å²) >= 11 is 1.47. The maximum atomic E-state index is 12.6. The Hall–Kier alpha value is -2.92. The summed E-state index contributed by atoms with van der Waals surface area (Å²) in [5.74, 6) is -0.0413. The van der Waals surface area contributed by atoms with E-state index in [1.54, 1.807) is 0 Å². The molecule has 0 atom stereocenters. The lowest BCUT2D eigenvalue weighted by Gasteiger charge is -2.29. The van der Waals surface area contributed by atoms with Crippen LogP contribution < -0.4 is 5.32 Å². The topological polar surface area (TPSA) is 49.4 Å². The third kappa shape index (κ3) is 3.64. The number of rotatable bonds is 3. The second-order valence-corrected chi connectivity index (χ2v) is 7.65. The van der Waals surface area contributed by atoms with Crippen molar-refractivity contribution in [1.82, 2.24) is 4.90 Å². The van der Waals surface area contributed by atoms with E-state index in [1.165, 1.54) is 16.9 Å². The van der Waals surface area contributed by atoms with Gasteiger partial charge in [-0.25, -0.2) is 0 Å². The van der Waals surface area contributed by atoms with Crippen molar-refractivity contribution < 1.29 is 9.59 Å². The van der Waals surface area contributed by atoms with E-state index in [0.717, 1.165) is 34.7 Å². The van der Waals surface area contributed by atoms with Crippen LogP contribution in [0.25, 0.3) is 0 Å². The van der Waals surface area contributed by atoms with Crippen LogP contribution >= 0.6 is 11.3 Å². The molecule has 0 saturated carbocycles. The van der Waals surface area contributed by atoms with Crippen molar-refractivity contribution in [3.8, 4) is 0 Å². The molecular weight excluding hydrogens is 356 g/mol. The van der Waals surface area contributed by atoms with Crippen LogP contribution in [0.3, 0.4) is 0 Å². The Morgan fingerprint density at radius 1 is 1.04 bits per heavy atom. The first-order valence-electron chi connectivity index (χ1n) is 8.93. The Kier molecular flexibility index (Phi) is 4.77. The average Bonchev–Trinajstić information content (AvgIpc) is 3.22. The molecule has 2 heterocycles. The highest BCUT2D eigenvalue weighted by Gasteiger charge is 2.22. The Morgan fingerprint density at radius 3 is 2.67 bits per heavy atom. The number of amides is 2. The molecule has 0 fully saturated rings. The van der Waals surface area contributed by atoms with E-state index in [1.807, 2.05) is 65.7 Å². The molecule has 27 heavy (non-hydrogen) atoms. The minimum Gasteiger partial charge on any atom is -0.333 e. The summed E-state index contributed by atoms with van der Waals surface area (Å²) in [5, 5.41) is 4.90. The molecule has 0 unspecified atom stereocenters. The van der Waals surface area contributed by atoms with Crippen molar-refractivity contribution in [1.29, 1.82) is 0 Å². The Labute approximate surface area is 162 Å². The first-order valence-corrected chi connectivity index (χ1v) is 9.81. The summed E-state index contributed by atoms with van der Waals surface area (Å²) < 4.78 is 0. The largest absolute Gasteiger partial charge is 0.333 e. The van der Waals surface area contributed by atoms with Gasteiger partial charge in [0.2, 0.25) is 0 Å². The van der Waals surface area contributed by atoms with Crippen LogP contribution in [0.4, 0.5) is 5.69 Å². The lowest BCUT2D eigenvalue weighted by Crippen LogP contribution is -2.35. The normalized spacial score (nSPS) is 13.1. The van der Waals surface area contributed by atoms with Crippen LogP contribution in [0.15, 0.2) is 60.0 Å². The fourth-order valence-corrected chi connectivity index (χ4v) is 4.08. The molecule has 0 bridgehead atoms. The molecule has 1 aliphatic heterocycles. The summed E-state index contributed by atoms with van der Waals surface area (Å²) in [7, 11) is 0. The number of hydrogen-bond acceptors (Lipinski definition) is 3. The number of anilines is 1. The zero-order chi connectivity index (χ0) is 18.8. The summed E-state index contributed by atoms with van der Waals surface area (Å²) in [5.41, 5.74) is 4.70. The molecule has 1 aliphatic rings. The van der Waals surface area contributed by atoms with Crippen LogP contribution in [0.5, 0.6) is 0 Å². The highest BCUT2D eigenvalue weighted by atomic mass is 32.1. The molecular formula is C22H20N2O2S. The van der Waals surface area contributed by atoms with Crippen LogP contribution in [-0.2, 0) is 13.0 Å². The van der Waals surface area contributed by atoms with Gasteiger partial charge in [0.1, 0.15) is 0 Å². The second kappa shape index (κ2) is 7.37. The molecule has 5 heteroatoms. The molecule has 0 saturated heterocycles. The van der Waals surface area contributed by atoms with Gasteiger partial charge in [0.15, 0.2) is 0 Å². The maximum absolute atomic E-state index is 12.6. The fourth-order valence-electron chi connectivity index (χ4n) is 3.39. The molecule has 1 aromatic heterocycles. The quantitative estimate of drug-likeness (QED) is 0.731. The van der Waals surface area contributed by atoms with Crippen molar-refractivity contribution >= 4 is 28.8 Å². The van der Waals surface area contributed by atoms with Gasteiger partial charge in [-0.2, -0.15) is 0 Å². The van der Waals surface area contributed by atoms with Crippen LogP contribution in [0, 0.1) is 6.92 Å². The van der Waals surface area contributed by atoms with Gasteiger partial charge in [0.25, 0.3) is 11.8 Å². The van der Waals surface area contributed by atoms with Crippen molar-refractivity contribution in [2.45, 2.75) is 19.9 Å². The zero-order valence-electron chi connectivity index (χ0n) is 15.1. The standard InChI is InChI=1S/C22H20N2O2S/c1-15-5-2-3-6-19(15)21(25)23-18-9-8-16-10-11-24(14-17(16)13-18)22(26)20-7-4-12-27-20/h2-9,12-13H,10-11,14H2,1H3,(H,23,25). The van der Waals surface area contributed by atoms with Gasteiger partial charge in [-0.05, 0) is 59.7 Å². The first-order chi connectivity index (χ1) is 13.1. The number of carbonyl (C=O) groups excluding carboxylic acids is 2. The van der Waals surface area contributed by atoms with Crippen LogP contribution in [-0.4, -0.2) is 23.3 Å². The predicted octanol–water partition coefficient (Wildman–Crippen LogP) is 4.51. The minimum atomic E-state index is -0.115. The van der Waals surface area contributed by atoms with E-state index in [2.05, 4.69) is 11.4 Å². The fraction of sp³-hybridized carbons (Fsp3) is 0.182. The number of hydrogen-bond donors (Lipinski definition) is 1. The Balaban J connectivity index is 1.52. The number of nitrogens with zero attached hydrogens (tertiary/aromatic N) is 1. The van der Waals surface area contributed by atoms with E-state index >= 15 is 0 Å². The van der Waals surface area contributed by atoms with Crippen molar-refractivity contribution in [3.05, 3.63) is 87.1 Å². The molecule has 0 radical (unpaired) electrons. The van der Waals surface area contributed by atoms with Crippen LogP contribution in [0.2, 0.25) is 0 Å². The SMILES string of the molecule is Cc1ccccc1C(=O)Nc1ccc2c(c1)CN(C(=O)c1cccs1)CC2. The van der Waals surface area contributed by atoms with Crippen molar-refractivity contribution in [2.24, 2.45) is 0 Å².